The van der Waals surface area contributed by atoms with Gasteiger partial charge in [-0.2, -0.15) is 0 Å². The van der Waals surface area contributed by atoms with E-state index in [1.54, 1.807) is 0 Å². The number of aromatic nitrogens is 2. The minimum atomic E-state index is -1.29. The molecule has 3 N–H and O–H groups in total. The molecule has 6 nitrogen and oxygen atoms in total. The third-order valence-electron chi connectivity index (χ3n) is 2.68. The fourth-order valence-electron chi connectivity index (χ4n) is 1.65. The van der Waals surface area contributed by atoms with Gasteiger partial charge < -0.3 is 10.4 Å². The Morgan fingerprint density at radius 2 is 2.05 bits per heavy atom. The van der Waals surface area contributed by atoms with Crippen LogP contribution in [0.5, 0.6) is 0 Å². The summed E-state index contributed by atoms with van der Waals surface area (Å²) in [6.45, 7) is 1.92. The van der Waals surface area contributed by atoms with Crippen molar-refractivity contribution in [3.8, 4) is 0 Å². The molecule has 0 saturated carbocycles. The van der Waals surface area contributed by atoms with Crippen LogP contribution in [0.15, 0.2) is 41.3 Å². The van der Waals surface area contributed by atoms with Crippen LogP contribution in [0.4, 0.5) is 5.95 Å². The summed E-state index contributed by atoms with van der Waals surface area (Å²) >= 11 is 0. The molecule has 0 aliphatic heterocycles. The zero-order valence-electron chi connectivity index (χ0n) is 10.3. The van der Waals surface area contributed by atoms with E-state index in [-0.39, 0.29) is 17.6 Å². The van der Waals surface area contributed by atoms with Crippen LogP contribution < -0.4 is 10.9 Å². The number of aromatic amines is 1. The molecule has 0 amide bonds. The zero-order valence-corrected chi connectivity index (χ0v) is 10.3. The van der Waals surface area contributed by atoms with E-state index in [1.807, 2.05) is 37.3 Å². The Morgan fingerprint density at radius 1 is 1.37 bits per heavy atom. The van der Waals surface area contributed by atoms with Gasteiger partial charge in [-0.1, -0.05) is 30.3 Å². The van der Waals surface area contributed by atoms with Gasteiger partial charge in [0.25, 0.3) is 5.56 Å². The molecule has 0 fully saturated rings. The number of aromatic carboxylic acids is 1. The highest BCUT2D eigenvalue weighted by Crippen LogP contribution is 2.15. The van der Waals surface area contributed by atoms with Crippen LogP contribution >= 0.6 is 0 Å². The van der Waals surface area contributed by atoms with Gasteiger partial charge in [-0.05, 0) is 12.5 Å². The smallest absolute Gasteiger partial charge is 0.342 e. The summed E-state index contributed by atoms with van der Waals surface area (Å²) in [4.78, 5) is 28.5. The predicted octanol–water partition coefficient (Wildman–Crippen LogP) is 1.64. The lowest BCUT2D eigenvalue weighted by Gasteiger charge is -2.14. The average Bonchev–Trinajstić information content (AvgIpc) is 2.39. The molecule has 0 unspecified atom stereocenters. The fourth-order valence-corrected chi connectivity index (χ4v) is 1.65. The van der Waals surface area contributed by atoms with Crippen molar-refractivity contribution in [1.29, 1.82) is 0 Å². The lowest BCUT2D eigenvalue weighted by molar-refractivity contribution is 0.0694. The SMILES string of the molecule is C[C@@H](Nc1ncc(C(=O)O)c(=O)[nH]1)c1ccccc1. The molecule has 0 saturated heterocycles. The highest BCUT2D eigenvalue weighted by molar-refractivity contribution is 5.86. The maximum absolute atomic E-state index is 11.5. The van der Waals surface area contributed by atoms with Crippen molar-refractivity contribution in [3.63, 3.8) is 0 Å². The maximum atomic E-state index is 11.5. The number of hydrogen-bond acceptors (Lipinski definition) is 4. The van der Waals surface area contributed by atoms with E-state index >= 15 is 0 Å². The Labute approximate surface area is 109 Å². The molecule has 1 heterocycles. The summed E-state index contributed by atoms with van der Waals surface area (Å²) in [6.07, 6.45) is 1.04. The van der Waals surface area contributed by atoms with Gasteiger partial charge in [0.2, 0.25) is 5.95 Å². The van der Waals surface area contributed by atoms with E-state index < -0.39 is 11.5 Å². The van der Waals surface area contributed by atoms with E-state index in [0.717, 1.165) is 11.8 Å². The largest absolute Gasteiger partial charge is 0.477 e. The standard InChI is InChI=1S/C13H13N3O3/c1-8(9-5-3-2-4-6-9)15-13-14-7-10(12(18)19)11(17)16-13/h2-8H,1H3,(H,18,19)(H2,14,15,16,17)/t8-/m1/s1. The summed E-state index contributed by atoms with van der Waals surface area (Å²) in [5.41, 5.74) is -0.0179. The fraction of sp³-hybridized carbons (Fsp3) is 0.154. The summed E-state index contributed by atoms with van der Waals surface area (Å²) in [7, 11) is 0. The second-order valence-electron chi connectivity index (χ2n) is 4.06. The number of carboxylic acids is 1. The molecular weight excluding hydrogens is 246 g/mol. The van der Waals surface area contributed by atoms with Crippen molar-refractivity contribution in [3.05, 3.63) is 58.0 Å². The number of benzene rings is 1. The van der Waals surface area contributed by atoms with Gasteiger partial charge in [0, 0.05) is 0 Å². The molecule has 2 aromatic rings. The second-order valence-corrected chi connectivity index (χ2v) is 4.06. The van der Waals surface area contributed by atoms with Crippen LogP contribution in [0.3, 0.4) is 0 Å². The van der Waals surface area contributed by atoms with Crippen LogP contribution in [-0.2, 0) is 0 Å². The summed E-state index contributed by atoms with van der Waals surface area (Å²) in [5, 5.41) is 11.7. The Hall–Kier alpha value is -2.63. The van der Waals surface area contributed by atoms with Gasteiger partial charge in [-0.3, -0.25) is 9.78 Å². The molecule has 1 aromatic carbocycles. The van der Waals surface area contributed by atoms with Crippen molar-refractivity contribution >= 4 is 11.9 Å². The second kappa shape index (κ2) is 5.34. The molecule has 0 bridgehead atoms. The Kier molecular flexibility index (Phi) is 3.61. The predicted molar refractivity (Wildman–Crippen MR) is 70.3 cm³/mol. The van der Waals surface area contributed by atoms with Crippen LogP contribution in [0.25, 0.3) is 0 Å². The zero-order chi connectivity index (χ0) is 13.8. The molecule has 6 heteroatoms. The summed E-state index contributed by atoms with van der Waals surface area (Å²) < 4.78 is 0. The molecule has 0 aliphatic rings. The summed E-state index contributed by atoms with van der Waals surface area (Å²) in [5.74, 6) is -1.05. The van der Waals surface area contributed by atoms with E-state index in [4.69, 9.17) is 5.11 Å². The number of rotatable bonds is 4. The van der Waals surface area contributed by atoms with E-state index in [9.17, 15) is 9.59 Å². The molecule has 98 valence electrons. The first-order valence-electron chi connectivity index (χ1n) is 5.72. The molecule has 2 rings (SSSR count). The number of nitrogens with one attached hydrogen (secondary N) is 2. The van der Waals surface area contributed by atoms with Crippen molar-refractivity contribution in [1.82, 2.24) is 9.97 Å². The lowest BCUT2D eigenvalue weighted by Crippen LogP contribution is -2.21. The van der Waals surface area contributed by atoms with Crippen molar-refractivity contribution in [2.45, 2.75) is 13.0 Å². The van der Waals surface area contributed by atoms with E-state index in [2.05, 4.69) is 15.3 Å². The van der Waals surface area contributed by atoms with Gasteiger partial charge in [0.15, 0.2) is 0 Å². The Bertz CT molecular complexity index is 637. The number of H-pyrrole nitrogens is 1. The molecule has 1 atom stereocenters. The third-order valence-corrected chi connectivity index (χ3v) is 2.68. The highest BCUT2D eigenvalue weighted by atomic mass is 16.4. The Balaban J connectivity index is 2.18. The average molecular weight is 259 g/mol. The molecule has 0 aliphatic carbocycles. The first-order valence-corrected chi connectivity index (χ1v) is 5.72. The first kappa shape index (κ1) is 12.8. The van der Waals surface area contributed by atoms with Crippen LogP contribution in [0.2, 0.25) is 0 Å². The molecule has 19 heavy (non-hydrogen) atoms. The Morgan fingerprint density at radius 3 is 2.63 bits per heavy atom. The number of carbonyl (C=O) groups is 1. The van der Waals surface area contributed by atoms with E-state index in [1.165, 1.54) is 0 Å². The van der Waals surface area contributed by atoms with Crippen LogP contribution in [-0.4, -0.2) is 21.0 Å². The van der Waals surface area contributed by atoms with Crippen LogP contribution in [0.1, 0.15) is 28.9 Å². The monoisotopic (exact) mass is 259 g/mol. The van der Waals surface area contributed by atoms with Gasteiger partial charge >= 0.3 is 5.97 Å². The minimum absolute atomic E-state index is 0.0555. The summed E-state index contributed by atoms with van der Waals surface area (Å²) in [6, 6.07) is 9.58. The lowest BCUT2D eigenvalue weighted by atomic mass is 10.1. The van der Waals surface area contributed by atoms with Gasteiger partial charge in [-0.15, -0.1) is 0 Å². The number of anilines is 1. The topological polar surface area (TPSA) is 95.1 Å². The minimum Gasteiger partial charge on any atom is -0.477 e. The maximum Gasteiger partial charge on any atom is 0.342 e. The normalized spacial score (nSPS) is 11.8. The molecule has 0 spiro atoms. The van der Waals surface area contributed by atoms with Crippen molar-refractivity contribution in [2.24, 2.45) is 0 Å². The molecule has 1 aromatic heterocycles. The van der Waals surface area contributed by atoms with Gasteiger partial charge in [0.05, 0.1) is 12.2 Å². The van der Waals surface area contributed by atoms with Crippen molar-refractivity contribution < 1.29 is 9.90 Å². The van der Waals surface area contributed by atoms with Crippen molar-refractivity contribution in [2.75, 3.05) is 5.32 Å². The molecular formula is C13H13N3O3. The first-order chi connectivity index (χ1) is 9.08. The number of hydrogen-bond donors (Lipinski definition) is 3. The number of carboxylic acid groups (broad SMARTS) is 1. The highest BCUT2D eigenvalue weighted by Gasteiger charge is 2.11. The van der Waals surface area contributed by atoms with Crippen LogP contribution in [0, 0.1) is 0 Å². The van der Waals surface area contributed by atoms with E-state index in [0.29, 0.717) is 0 Å². The van der Waals surface area contributed by atoms with Gasteiger partial charge in [-0.25, -0.2) is 9.78 Å². The quantitative estimate of drug-likeness (QED) is 0.775. The molecule has 0 radical (unpaired) electrons. The van der Waals surface area contributed by atoms with Gasteiger partial charge in [0.1, 0.15) is 5.56 Å². The number of nitrogens with zero attached hydrogens (tertiary/aromatic N) is 1. The third kappa shape index (κ3) is 2.98.